The summed E-state index contributed by atoms with van der Waals surface area (Å²) in [4.78, 5) is 23.2. The number of rotatable bonds is 8. The van der Waals surface area contributed by atoms with Crippen molar-refractivity contribution in [3.05, 3.63) is 99.6 Å². The number of nitro groups is 1. The number of thioether (sulfide) groups is 1. The molecule has 0 bridgehead atoms. The summed E-state index contributed by atoms with van der Waals surface area (Å²) >= 11 is 7.59. The average molecular weight is 480 g/mol. The third kappa shape index (κ3) is 5.39. The molecular weight excluding hydrogens is 462 g/mol. The van der Waals surface area contributed by atoms with Crippen LogP contribution < -0.4 is 5.32 Å². The number of para-hydroxylation sites is 2. The molecule has 0 unspecified atom stereocenters. The van der Waals surface area contributed by atoms with Gasteiger partial charge in [0, 0.05) is 11.6 Å². The summed E-state index contributed by atoms with van der Waals surface area (Å²) in [7, 11) is 0. The number of carbonyl (C=O) groups excluding carboxylic acids is 1. The maximum atomic E-state index is 12.5. The van der Waals surface area contributed by atoms with Gasteiger partial charge in [0.1, 0.15) is 5.69 Å². The second kappa shape index (κ2) is 10.3. The van der Waals surface area contributed by atoms with Crippen molar-refractivity contribution in [2.45, 2.75) is 11.7 Å². The van der Waals surface area contributed by atoms with Crippen LogP contribution in [0.25, 0.3) is 11.4 Å². The lowest BCUT2D eigenvalue weighted by Gasteiger charge is -2.11. The quantitative estimate of drug-likeness (QED) is 0.209. The Morgan fingerprint density at radius 2 is 1.70 bits per heavy atom. The molecule has 0 aliphatic rings. The van der Waals surface area contributed by atoms with Crippen molar-refractivity contribution in [3.8, 4) is 11.4 Å². The molecule has 0 aliphatic carbocycles. The van der Waals surface area contributed by atoms with Gasteiger partial charge in [-0.1, -0.05) is 78.0 Å². The zero-order valence-corrected chi connectivity index (χ0v) is 18.8. The Hall–Kier alpha value is -3.69. The predicted molar refractivity (Wildman–Crippen MR) is 128 cm³/mol. The Kier molecular flexibility index (Phi) is 7.01. The van der Waals surface area contributed by atoms with Gasteiger partial charge in [-0.2, -0.15) is 0 Å². The second-order valence-electron chi connectivity index (χ2n) is 6.97. The van der Waals surface area contributed by atoms with Gasteiger partial charge in [-0.15, -0.1) is 10.2 Å². The number of amides is 1. The minimum atomic E-state index is -0.533. The van der Waals surface area contributed by atoms with E-state index in [4.69, 9.17) is 11.6 Å². The standard InChI is InChI=1S/C23H18ClN5O3S/c24-18-11-5-4-10-17(18)22-26-27-23(28(22)14-16-8-2-1-3-9-16)33-15-21(30)25-19-12-6-7-13-20(19)29(31)32/h1-13H,14-15H2,(H,25,30). The molecule has 0 saturated heterocycles. The average Bonchev–Trinajstić information content (AvgIpc) is 3.21. The monoisotopic (exact) mass is 479 g/mol. The SMILES string of the molecule is O=C(CSc1nnc(-c2ccccc2Cl)n1Cc1ccccc1)Nc1ccccc1[N+](=O)[O-]. The van der Waals surface area contributed by atoms with Crippen LogP contribution in [0.5, 0.6) is 0 Å². The summed E-state index contributed by atoms with van der Waals surface area (Å²) in [5, 5.41) is 23.5. The summed E-state index contributed by atoms with van der Waals surface area (Å²) in [5.41, 5.74) is 1.76. The van der Waals surface area contributed by atoms with E-state index in [-0.39, 0.29) is 23.0 Å². The van der Waals surface area contributed by atoms with Crippen LogP contribution in [0.4, 0.5) is 11.4 Å². The lowest BCUT2D eigenvalue weighted by molar-refractivity contribution is -0.383. The number of nitrogens with zero attached hydrogens (tertiary/aromatic N) is 4. The van der Waals surface area contributed by atoms with Crippen molar-refractivity contribution in [2.75, 3.05) is 11.1 Å². The number of carbonyl (C=O) groups is 1. The molecule has 166 valence electrons. The zero-order valence-electron chi connectivity index (χ0n) is 17.2. The minimum Gasteiger partial charge on any atom is -0.320 e. The maximum absolute atomic E-state index is 12.5. The van der Waals surface area contributed by atoms with E-state index in [0.717, 1.165) is 11.1 Å². The van der Waals surface area contributed by atoms with Gasteiger partial charge in [-0.3, -0.25) is 19.5 Å². The number of halogens is 1. The Balaban J connectivity index is 1.57. The van der Waals surface area contributed by atoms with Crippen molar-refractivity contribution >= 4 is 40.6 Å². The van der Waals surface area contributed by atoms with E-state index in [9.17, 15) is 14.9 Å². The molecule has 0 atom stereocenters. The van der Waals surface area contributed by atoms with Gasteiger partial charge in [-0.05, 0) is 23.8 Å². The highest BCUT2D eigenvalue weighted by Crippen LogP contribution is 2.30. The highest BCUT2D eigenvalue weighted by atomic mass is 35.5. The van der Waals surface area contributed by atoms with Gasteiger partial charge in [0.25, 0.3) is 5.69 Å². The summed E-state index contributed by atoms with van der Waals surface area (Å²) < 4.78 is 1.90. The molecule has 4 aromatic rings. The van der Waals surface area contributed by atoms with Crippen molar-refractivity contribution in [2.24, 2.45) is 0 Å². The van der Waals surface area contributed by atoms with Gasteiger partial charge in [-0.25, -0.2) is 0 Å². The number of benzene rings is 3. The molecule has 1 heterocycles. The molecule has 1 N–H and O–H groups in total. The molecule has 33 heavy (non-hydrogen) atoms. The van der Waals surface area contributed by atoms with E-state index in [1.54, 1.807) is 18.2 Å². The third-order valence-electron chi connectivity index (χ3n) is 4.72. The molecular formula is C23H18ClN5O3S. The van der Waals surface area contributed by atoms with Crippen LogP contribution in [-0.4, -0.2) is 31.3 Å². The summed E-state index contributed by atoms with van der Waals surface area (Å²) in [6.45, 7) is 0.489. The summed E-state index contributed by atoms with van der Waals surface area (Å²) in [6.07, 6.45) is 0. The van der Waals surface area contributed by atoms with E-state index in [1.165, 1.54) is 23.9 Å². The topological polar surface area (TPSA) is 103 Å². The molecule has 8 nitrogen and oxygen atoms in total. The largest absolute Gasteiger partial charge is 0.320 e. The molecule has 4 rings (SSSR count). The van der Waals surface area contributed by atoms with Crippen LogP contribution in [0.1, 0.15) is 5.56 Å². The fourth-order valence-electron chi connectivity index (χ4n) is 3.20. The first-order valence-electron chi connectivity index (χ1n) is 9.91. The highest BCUT2D eigenvalue weighted by molar-refractivity contribution is 7.99. The number of nitrogens with one attached hydrogen (secondary N) is 1. The van der Waals surface area contributed by atoms with Gasteiger partial charge in [0.2, 0.25) is 5.91 Å². The Morgan fingerprint density at radius 3 is 2.45 bits per heavy atom. The fraction of sp³-hybridized carbons (Fsp3) is 0.0870. The number of hydrogen-bond acceptors (Lipinski definition) is 6. The Morgan fingerprint density at radius 1 is 1.00 bits per heavy atom. The van der Waals surface area contributed by atoms with E-state index in [2.05, 4.69) is 15.5 Å². The number of aromatic nitrogens is 3. The first-order chi connectivity index (χ1) is 16.0. The lowest BCUT2D eigenvalue weighted by atomic mass is 10.2. The van der Waals surface area contributed by atoms with Crippen LogP contribution in [0.3, 0.4) is 0 Å². The molecule has 0 saturated carbocycles. The summed E-state index contributed by atoms with van der Waals surface area (Å²) in [5.74, 6) is 0.204. The number of nitro benzene ring substituents is 1. The summed E-state index contributed by atoms with van der Waals surface area (Å²) in [6, 6.07) is 23.2. The Labute approximate surface area is 198 Å². The molecule has 10 heteroatoms. The van der Waals surface area contributed by atoms with Gasteiger partial charge in [0.05, 0.1) is 22.2 Å². The number of anilines is 1. The minimum absolute atomic E-state index is 0.00148. The van der Waals surface area contributed by atoms with Crippen LogP contribution in [0.2, 0.25) is 5.02 Å². The second-order valence-corrected chi connectivity index (χ2v) is 8.32. The first kappa shape index (κ1) is 22.5. The van der Waals surface area contributed by atoms with Crippen LogP contribution in [-0.2, 0) is 11.3 Å². The maximum Gasteiger partial charge on any atom is 0.292 e. The van der Waals surface area contributed by atoms with E-state index >= 15 is 0 Å². The number of hydrogen-bond donors (Lipinski definition) is 1. The van der Waals surface area contributed by atoms with Crippen LogP contribution >= 0.6 is 23.4 Å². The van der Waals surface area contributed by atoms with Gasteiger partial charge < -0.3 is 5.32 Å². The molecule has 3 aromatic carbocycles. The van der Waals surface area contributed by atoms with Crippen molar-refractivity contribution in [1.82, 2.24) is 14.8 Å². The normalized spacial score (nSPS) is 10.7. The first-order valence-corrected chi connectivity index (χ1v) is 11.3. The highest BCUT2D eigenvalue weighted by Gasteiger charge is 2.19. The van der Waals surface area contributed by atoms with Crippen molar-refractivity contribution < 1.29 is 9.72 Å². The fourth-order valence-corrected chi connectivity index (χ4v) is 4.16. The Bertz CT molecular complexity index is 1300. The van der Waals surface area contributed by atoms with E-state index in [1.807, 2.05) is 53.1 Å². The van der Waals surface area contributed by atoms with Gasteiger partial charge in [0.15, 0.2) is 11.0 Å². The molecule has 0 aliphatic heterocycles. The molecule has 0 spiro atoms. The molecule has 0 fully saturated rings. The molecule has 1 amide bonds. The smallest absolute Gasteiger partial charge is 0.292 e. The van der Waals surface area contributed by atoms with Crippen LogP contribution in [0, 0.1) is 10.1 Å². The third-order valence-corrected chi connectivity index (χ3v) is 6.02. The zero-order chi connectivity index (χ0) is 23.2. The van der Waals surface area contributed by atoms with Crippen LogP contribution in [0.15, 0.2) is 84.0 Å². The predicted octanol–water partition coefficient (Wildman–Crippen LogP) is 5.29. The van der Waals surface area contributed by atoms with E-state index < -0.39 is 4.92 Å². The van der Waals surface area contributed by atoms with E-state index in [0.29, 0.717) is 22.5 Å². The lowest BCUT2D eigenvalue weighted by Crippen LogP contribution is -2.15. The molecule has 0 radical (unpaired) electrons. The van der Waals surface area contributed by atoms with Crippen molar-refractivity contribution in [3.63, 3.8) is 0 Å². The molecule has 1 aromatic heterocycles. The van der Waals surface area contributed by atoms with Gasteiger partial charge >= 0.3 is 0 Å². The van der Waals surface area contributed by atoms with Crippen molar-refractivity contribution in [1.29, 1.82) is 0 Å².